The Morgan fingerprint density at radius 2 is 1.81 bits per heavy atom. The Kier molecular flexibility index (Phi) is 6.81. The van der Waals surface area contributed by atoms with Crippen molar-refractivity contribution in [3.8, 4) is 0 Å². The Bertz CT molecular complexity index is 1240. The minimum absolute atomic E-state index is 0.0680. The van der Waals surface area contributed by atoms with Crippen molar-refractivity contribution >= 4 is 26.8 Å². The van der Waals surface area contributed by atoms with Crippen LogP contribution in [0.25, 0.3) is 10.9 Å². The van der Waals surface area contributed by atoms with Crippen LogP contribution in [0.1, 0.15) is 25.8 Å². The second-order valence-corrected chi connectivity index (χ2v) is 9.42. The molecule has 0 saturated heterocycles. The number of carbonyl (C=O) groups excluding carboxylic acids is 1. The molecular formula is C21H25N5O4S. The van der Waals surface area contributed by atoms with Gasteiger partial charge in [-0.25, -0.2) is 13.1 Å². The highest BCUT2D eigenvalue weighted by molar-refractivity contribution is 7.89. The molecule has 1 aromatic heterocycles. The summed E-state index contributed by atoms with van der Waals surface area (Å²) in [7, 11) is -2.00. The summed E-state index contributed by atoms with van der Waals surface area (Å²) in [6.07, 6.45) is 0.0680. The van der Waals surface area contributed by atoms with Gasteiger partial charge in [0, 0.05) is 26.1 Å². The van der Waals surface area contributed by atoms with Crippen LogP contribution in [0.15, 0.2) is 58.2 Å². The molecule has 0 bridgehead atoms. The third-order valence-electron chi connectivity index (χ3n) is 5.00. The maximum Gasteiger partial charge on any atom is 0.277 e. The summed E-state index contributed by atoms with van der Waals surface area (Å²) >= 11 is 0. The van der Waals surface area contributed by atoms with Gasteiger partial charge in [0.05, 0.1) is 16.8 Å². The quantitative estimate of drug-likeness (QED) is 0.565. The fourth-order valence-electron chi connectivity index (χ4n) is 2.89. The molecule has 1 N–H and O–H groups in total. The zero-order valence-electron chi connectivity index (χ0n) is 17.6. The van der Waals surface area contributed by atoms with Crippen LogP contribution in [0.4, 0.5) is 0 Å². The van der Waals surface area contributed by atoms with Crippen molar-refractivity contribution in [3.05, 3.63) is 64.4 Å². The lowest BCUT2D eigenvalue weighted by Crippen LogP contribution is -2.33. The van der Waals surface area contributed by atoms with Gasteiger partial charge < -0.3 is 5.32 Å². The molecule has 1 amide bonds. The average molecular weight is 444 g/mol. The van der Waals surface area contributed by atoms with Crippen molar-refractivity contribution < 1.29 is 13.2 Å². The number of nitrogens with one attached hydrogen (secondary N) is 1. The van der Waals surface area contributed by atoms with Gasteiger partial charge >= 0.3 is 0 Å². The Balaban J connectivity index is 1.57. The van der Waals surface area contributed by atoms with E-state index in [2.05, 4.69) is 15.6 Å². The summed E-state index contributed by atoms with van der Waals surface area (Å²) in [5.41, 5.74) is 0.988. The first-order valence-corrected chi connectivity index (χ1v) is 11.3. The number of fused-ring (bicyclic) bond motifs is 1. The first kappa shape index (κ1) is 22.6. The molecule has 0 aliphatic rings. The highest BCUT2D eigenvalue weighted by atomic mass is 32.2. The number of rotatable bonds is 8. The molecular weight excluding hydrogens is 418 g/mol. The van der Waals surface area contributed by atoms with Crippen LogP contribution in [0, 0.1) is 0 Å². The molecule has 10 heteroatoms. The van der Waals surface area contributed by atoms with E-state index in [0.717, 1.165) is 5.56 Å². The van der Waals surface area contributed by atoms with Crippen LogP contribution in [-0.2, 0) is 27.9 Å². The van der Waals surface area contributed by atoms with Crippen LogP contribution < -0.4 is 10.9 Å². The lowest BCUT2D eigenvalue weighted by molar-refractivity contribution is -0.121. The molecule has 3 aromatic rings. The Hall–Kier alpha value is -3.11. The van der Waals surface area contributed by atoms with E-state index in [0.29, 0.717) is 10.9 Å². The predicted molar refractivity (Wildman–Crippen MR) is 117 cm³/mol. The summed E-state index contributed by atoms with van der Waals surface area (Å²) in [4.78, 5) is 24.8. The van der Waals surface area contributed by atoms with Crippen molar-refractivity contribution in [1.29, 1.82) is 0 Å². The molecule has 9 nitrogen and oxygen atoms in total. The van der Waals surface area contributed by atoms with Crippen LogP contribution in [0.2, 0.25) is 0 Å². The van der Waals surface area contributed by atoms with Gasteiger partial charge in [0.2, 0.25) is 15.9 Å². The molecule has 0 spiro atoms. The van der Waals surface area contributed by atoms with E-state index >= 15 is 0 Å². The summed E-state index contributed by atoms with van der Waals surface area (Å²) in [6, 6.07) is 13.1. The monoisotopic (exact) mass is 443 g/mol. The fourth-order valence-corrected chi connectivity index (χ4v) is 4.26. The number of benzene rings is 2. The van der Waals surface area contributed by atoms with Gasteiger partial charge in [-0.05, 0) is 43.7 Å². The van der Waals surface area contributed by atoms with Gasteiger partial charge in [0.15, 0.2) is 0 Å². The highest BCUT2D eigenvalue weighted by Crippen LogP contribution is 2.17. The van der Waals surface area contributed by atoms with E-state index < -0.39 is 10.0 Å². The third kappa shape index (κ3) is 5.15. The number of hydrogen-bond donors (Lipinski definition) is 1. The second kappa shape index (κ2) is 9.36. The molecule has 164 valence electrons. The van der Waals surface area contributed by atoms with Crippen molar-refractivity contribution in [2.24, 2.45) is 0 Å². The predicted octanol–water partition coefficient (Wildman–Crippen LogP) is 1.53. The second-order valence-electron chi connectivity index (χ2n) is 7.42. The topological polar surface area (TPSA) is 114 Å². The Labute approximate surface area is 180 Å². The van der Waals surface area contributed by atoms with E-state index in [-0.39, 0.29) is 41.9 Å². The molecule has 31 heavy (non-hydrogen) atoms. The van der Waals surface area contributed by atoms with Crippen molar-refractivity contribution in [1.82, 2.24) is 24.6 Å². The number of aromatic nitrogens is 3. The number of sulfonamides is 1. The molecule has 0 saturated carbocycles. The maximum absolute atomic E-state index is 12.5. The zero-order chi connectivity index (χ0) is 22.6. The summed E-state index contributed by atoms with van der Waals surface area (Å²) in [5.74, 6) is -0.252. The zero-order valence-corrected chi connectivity index (χ0v) is 18.5. The third-order valence-corrected chi connectivity index (χ3v) is 7.04. The first-order chi connectivity index (χ1) is 14.7. The smallest absolute Gasteiger partial charge is 0.277 e. The molecule has 2 aromatic carbocycles. The number of hydrogen-bond acceptors (Lipinski definition) is 6. The van der Waals surface area contributed by atoms with Crippen LogP contribution in [0.3, 0.4) is 0 Å². The number of nitrogens with zero attached hydrogens (tertiary/aromatic N) is 4. The van der Waals surface area contributed by atoms with Crippen LogP contribution in [0.5, 0.6) is 0 Å². The van der Waals surface area contributed by atoms with E-state index in [1.807, 2.05) is 0 Å². The van der Waals surface area contributed by atoms with Gasteiger partial charge in [0.1, 0.15) is 5.52 Å². The SMILES string of the molecule is CC(C)N(C)S(=O)(=O)c1ccc(CNC(=O)CCn2nnc3ccccc3c2=O)cc1. The van der Waals surface area contributed by atoms with Gasteiger partial charge in [-0.2, -0.15) is 4.31 Å². The van der Waals surface area contributed by atoms with Crippen molar-refractivity contribution in [2.75, 3.05) is 7.05 Å². The number of carbonyl (C=O) groups is 1. The first-order valence-electron chi connectivity index (χ1n) is 9.86. The molecule has 0 aliphatic carbocycles. The lowest BCUT2D eigenvalue weighted by atomic mass is 10.2. The van der Waals surface area contributed by atoms with Gasteiger partial charge in [-0.15, -0.1) is 5.10 Å². The van der Waals surface area contributed by atoms with Crippen LogP contribution >= 0.6 is 0 Å². The molecule has 1 heterocycles. The van der Waals surface area contributed by atoms with Crippen LogP contribution in [-0.4, -0.2) is 46.7 Å². The summed E-state index contributed by atoms with van der Waals surface area (Å²) in [6.45, 7) is 3.97. The molecule has 3 rings (SSSR count). The summed E-state index contributed by atoms with van der Waals surface area (Å²) < 4.78 is 27.5. The standard InChI is InChI=1S/C21H25N5O4S/c1-15(2)25(3)31(29,30)17-10-8-16(9-11-17)14-22-20(27)12-13-26-21(28)18-6-4-5-7-19(18)23-24-26/h4-11,15H,12-14H2,1-3H3,(H,22,27). The number of amides is 1. The molecule has 0 aliphatic heterocycles. The summed E-state index contributed by atoms with van der Waals surface area (Å²) in [5, 5.41) is 11.1. The highest BCUT2D eigenvalue weighted by Gasteiger charge is 2.22. The lowest BCUT2D eigenvalue weighted by Gasteiger charge is -2.21. The van der Waals surface area contributed by atoms with Crippen molar-refractivity contribution in [2.45, 2.75) is 44.3 Å². The minimum Gasteiger partial charge on any atom is -0.352 e. The van der Waals surface area contributed by atoms with Crippen molar-refractivity contribution in [3.63, 3.8) is 0 Å². The van der Waals surface area contributed by atoms with E-state index in [9.17, 15) is 18.0 Å². The Morgan fingerprint density at radius 3 is 2.48 bits per heavy atom. The molecule has 0 atom stereocenters. The van der Waals surface area contributed by atoms with E-state index in [1.54, 1.807) is 57.3 Å². The van der Waals surface area contributed by atoms with Gasteiger partial charge in [-0.1, -0.05) is 29.5 Å². The molecule has 0 unspecified atom stereocenters. The van der Waals surface area contributed by atoms with Gasteiger partial charge in [-0.3, -0.25) is 9.59 Å². The normalized spacial score (nSPS) is 11.9. The molecule has 0 fully saturated rings. The Morgan fingerprint density at radius 1 is 1.13 bits per heavy atom. The average Bonchev–Trinajstić information content (AvgIpc) is 2.77. The van der Waals surface area contributed by atoms with E-state index in [1.165, 1.54) is 21.1 Å². The van der Waals surface area contributed by atoms with Gasteiger partial charge in [0.25, 0.3) is 5.56 Å². The molecule has 0 radical (unpaired) electrons. The minimum atomic E-state index is -3.54. The maximum atomic E-state index is 12.5. The van der Waals surface area contributed by atoms with E-state index in [4.69, 9.17) is 0 Å². The largest absolute Gasteiger partial charge is 0.352 e. The number of aryl methyl sites for hydroxylation is 1. The fraction of sp³-hybridized carbons (Fsp3) is 0.333.